The largest absolute Gasteiger partial charge is 0.370 e. The van der Waals surface area contributed by atoms with Crippen molar-refractivity contribution < 1.29 is 9.32 Å². The monoisotopic (exact) mass is 280 g/mol. The number of carbonyl (C=O) groups excluding carboxylic acids is 1. The molecule has 0 aliphatic carbocycles. The predicted octanol–water partition coefficient (Wildman–Crippen LogP) is 1.84. The Morgan fingerprint density at radius 3 is 2.55 bits per heavy atom. The van der Waals surface area contributed by atoms with E-state index >= 15 is 0 Å². The summed E-state index contributed by atoms with van der Waals surface area (Å²) in [6.07, 6.45) is 2.50. The summed E-state index contributed by atoms with van der Waals surface area (Å²) in [6, 6.07) is 0.129. The zero-order valence-corrected chi connectivity index (χ0v) is 12.5. The number of carbonyl (C=O) groups is 1. The molecule has 0 spiro atoms. The topological polar surface area (TPSA) is 85.3 Å². The molecule has 1 aromatic rings. The second kappa shape index (κ2) is 6.35. The van der Waals surface area contributed by atoms with Gasteiger partial charge in [0.1, 0.15) is 0 Å². The molecule has 2 heterocycles. The van der Waals surface area contributed by atoms with E-state index in [0.29, 0.717) is 18.2 Å². The lowest BCUT2D eigenvalue weighted by molar-refractivity contribution is -0.119. The second-order valence-electron chi connectivity index (χ2n) is 5.97. The van der Waals surface area contributed by atoms with Gasteiger partial charge in [-0.15, -0.1) is 0 Å². The predicted molar refractivity (Wildman–Crippen MR) is 74.9 cm³/mol. The van der Waals surface area contributed by atoms with E-state index in [1.807, 2.05) is 0 Å². The molecule has 6 heteroatoms. The minimum atomic E-state index is -0.199. The van der Waals surface area contributed by atoms with Crippen molar-refractivity contribution in [2.24, 2.45) is 11.7 Å². The van der Waals surface area contributed by atoms with Gasteiger partial charge in [-0.2, -0.15) is 4.98 Å². The third-order valence-electron chi connectivity index (χ3n) is 4.02. The maximum Gasteiger partial charge on any atom is 0.243 e. The first-order chi connectivity index (χ1) is 9.47. The van der Waals surface area contributed by atoms with Crippen LogP contribution in [0, 0.1) is 5.92 Å². The van der Waals surface area contributed by atoms with E-state index < -0.39 is 0 Å². The number of rotatable bonds is 5. The van der Waals surface area contributed by atoms with E-state index in [2.05, 4.69) is 35.8 Å². The number of aromatic nitrogens is 2. The summed E-state index contributed by atoms with van der Waals surface area (Å²) in [7, 11) is 0. The van der Waals surface area contributed by atoms with Crippen molar-refractivity contribution >= 4 is 5.91 Å². The Labute approximate surface area is 119 Å². The number of hydrogen-bond donors (Lipinski definition) is 1. The molecule has 1 fully saturated rings. The molecule has 1 aromatic heterocycles. The minimum absolute atomic E-state index is 0.129. The van der Waals surface area contributed by atoms with Crippen molar-refractivity contribution in [3.05, 3.63) is 11.7 Å². The summed E-state index contributed by atoms with van der Waals surface area (Å²) in [5, 5.41) is 4.01. The minimum Gasteiger partial charge on any atom is -0.370 e. The van der Waals surface area contributed by atoms with Gasteiger partial charge in [-0.3, -0.25) is 9.69 Å². The van der Waals surface area contributed by atoms with E-state index in [0.717, 1.165) is 31.8 Å². The van der Waals surface area contributed by atoms with Crippen molar-refractivity contribution in [2.75, 3.05) is 13.1 Å². The number of piperidine rings is 1. The van der Waals surface area contributed by atoms with E-state index in [1.54, 1.807) is 0 Å². The third-order valence-corrected chi connectivity index (χ3v) is 4.02. The lowest BCUT2D eigenvalue weighted by Gasteiger charge is -2.34. The Kier molecular flexibility index (Phi) is 4.75. The highest BCUT2D eigenvalue weighted by Gasteiger charge is 2.27. The molecule has 0 bridgehead atoms. The molecule has 1 saturated heterocycles. The zero-order chi connectivity index (χ0) is 14.7. The normalized spacial score (nSPS) is 19.4. The van der Waals surface area contributed by atoms with Crippen LogP contribution in [0.25, 0.3) is 0 Å². The molecule has 1 aliphatic rings. The van der Waals surface area contributed by atoms with E-state index in [4.69, 9.17) is 10.3 Å². The summed E-state index contributed by atoms with van der Waals surface area (Å²) < 4.78 is 5.36. The quantitative estimate of drug-likeness (QED) is 0.889. The number of likely N-dealkylation sites (tertiary alicyclic amines) is 1. The first kappa shape index (κ1) is 15.0. The van der Waals surface area contributed by atoms with Gasteiger partial charge >= 0.3 is 0 Å². The smallest absolute Gasteiger partial charge is 0.243 e. The molecule has 20 heavy (non-hydrogen) atoms. The van der Waals surface area contributed by atoms with Gasteiger partial charge < -0.3 is 10.3 Å². The van der Waals surface area contributed by atoms with Gasteiger partial charge in [0.2, 0.25) is 11.8 Å². The molecule has 0 unspecified atom stereocenters. The Morgan fingerprint density at radius 1 is 1.40 bits per heavy atom. The van der Waals surface area contributed by atoms with E-state index in [-0.39, 0.29) is 17.9 Å². The molecular formula is C14H24N4O2. The molecule has 6 nitrogen and oxygen atoms in total. The van der Waals surface area contributed by atoms with Crippen molar-refractivity contribution in [3.8, 4) is 0 Å². The lowest BCUT2D eigenvalue weighted by atomic mass is 9.92. The molecule has 112 valence electrons. The van der Waals surface area contributed by atoms with Crippen molar-refractivity contribution in [3.63, 3.8) is 0 Å². The average molecular weight is 280 g/mol. The number of primary amides is 1. The Balaban J connectivity index is 1.90. The van der Waals surface area contributed by atoms with E-state index in [9.17, 15) is 4.79 Å². The fourth-order valence-electron chi connectivity index (χ4n) is 2.64. The van der Waals surface area contributed by atoms with Gasteiger partial charge in [0, 0.05) is 12.3 Å². The highest BCUT2D eigenvalue weighted by atomic mass is 16.5. The van der Waals surface area contributed by atoms with Crippen molar-refractivity contribution in [1.82, 2.24) is 15.0 Å². The van der Waals surface area contributed by atoms with E-state index in [1.165, 1.54) is 0 Å². The van der Waals surface area contributed by atoms with Crippen LogP contribution in [-0.2, 0) is 4.79 Å². The number of nitrogens with zero attached hydrogens (tertiary/aromatic N) is 3. The van der Waals surface area contributed by atoms with Crippen LogP contribution in [0.2, 0.25) is 0 Å². The third kappa shape index (κ3) is 3.56. The summed E-state index contributed by atoms with van der Waals surface area (Å²) in [6.45, 7) is 8.08. The summed E-state index contributed by atoms with van der Waals surface area (Å²) >= 11 is 0. The van der Waals surface area contributed by atoms with Crippen molar-refractivity contribution in [2.45, 2.75) is 52.0 Å². The van der Waals surface area contributed by atoms with Crippen LogP contribution >= 0.6 is 0 Å². The van der Waals surface area contributed by atoms with Crippen LogP contribution in [0.4, 0.5) is 0 Å². The van der Waals surface area contributed by atoms with Crippen LogP contribution < -0.4 is 5.73 Å². The molecule has 0 aromatic carbocycles. The van der Waals surface area contributed by atoms with Crippen molar-refractivity contribution in [1.29, 1.82) is 0 Å². The van der Waals surface area contributed by atoms with Crippen LogP contribution in [-0.4, -0.2) is 34.0 Å². The molecule has 2 N–H and O–H groups in total. The molecule has 1 aliphatic heterocycles. The van der Waals surface area contributed by atoms with Crippen LogP contribution in [0.3, 0.4) is 0 Å². The zero-order valence-electron chi connectivity index (χ0n) is 12.5. The molecule has 0 saturated carbocycles. The van der Waals surface area contributed by atoms with Crippen LogP contribution in [0.15, 0.2) is 4.52 Å². The average Bonchev–Trinajstić information content (AvgIpc) is 2.88. The Morgan fingerprint density at radius 2 is 2.05 bits per heavy atom. The fraction of sp³-hybridized carbons (Fsp3) is 0.786. The van der Waals surface area contributed by atoms with Crippen LogP contribution in [0.1, 0.15) is 63.7 Å². The molecule has 0 radical (unpaired) electrons. The second-order valence-corrected chi connectivity index (χ2v) is 5.97. The first-order valence-corrected chi connectivity index (χ1v) is 7.33. The highest BCUT2D eigenvalue weighted by molar-refractivity contribution is 5.73. The van der Waals surface area contributed by atoms with Gasteiger partial charge in [0.05, 0.1) is 6.04 Å². The molecule has 1 atom stereocenters. The maximum atomic E-state index is 10.9. The molecule has 2 rings (SSSR count). The van der Waals surface area contributed by atoms with Gasteiger partial charge in [-0.25, -0.2) is 0 Å². The standard InChI is InChI=1S/C14H24N4O2/c1-9(2)13-16-14(20-17-13)10(3)18-6-4-11(5-7-18)8-12(15)19/h9-11H,4-8H2,1-3H3,(H2,15,19)/t10-/m1/s1. The summed E-state index contributed by atoms with van der Waals surface area (Å²) in [5.74, 6) is 1.94. The number of nitrogens with two attached hydrogens (primary N) is 1. The number of amides is 1. The maximum absolute atomic E-state index is 10.9. The lowest BCUT2D eigenvalue weighted by Crippen LogP contribution is -2.36. The number of hydrogen-bond acceptors (Lipinski definition) is 5. The summed E-state index contributed by atoms with van der Waals surface area (Å²) in [4.78, 5) is 17.7. The molecule has 1 amide bonds. The van der Waals surface area contributed by atoms with Crippen LogP contribution in [0.5, 0.6) is 0 Å². The fourth-order valence-corrected chi connectivity index (χ4v) is 2.64. The Bertz CT molecular complexity index is 450. The van der Waals surface area contributed by atoms with Gasteiger partial charge in [0.15, 0.2) is 5.82 Å². The van der Waals surface area contributed by atoms with Gasteiger partial charge in [-0.1, -0.05) is 19.0 Å². The Hall–Kier alpha value is -1.43. The van der Waals surface area contributed by atoms with Gasteiger partial charge in [0.25, 0.3) is 0 Å². The first-order valence-electron chi connectivity index (χ1n) is 7.33. The highest BCUT2D eigenvalue weighted by Crippen LogP contribution is 2.27. The van der Waals surface area contributed by atoms with Gasteiger partial charge in [-0.05, 0) is 38.8 Å². The SMILES string of the molecule is CC(C)c1noc([C@@H](C)N2CCC(CC(N)=O)CC2)n1. The summed E-state index contributed by atoms with van der Waals surface area (Å²) in [5.41, 5.74) is 5.25. The molecular weight excluding hydrogens is 256 g/mol.